The summed E-state index contributed by atoms with van der Waals surface area (Å²) in [6.07, 6.45) is 4.20. The highest BCUT2D eigenvalue weighted by molar-refractivity contribution is 6.30. The lowest BCUT2D eigenvalue weighted by Gasteiger charge is -2.07. The van der Waals surface area contributed by atoms with Gasteiger partial charge < -0.3 is 0 Å². The zero-order valence-electron chi connectivity index (χ0n) is 10.1. The molecule has 18 heavy (non-hydrogen) atoms. The van der Waals surface area contributed by atoms with E-state index in [1.54, 1.807) is 4.68 Å². The van der Waals surface area contributed by atoms with E-state index in [1.807, 2.05) is 24.3 Å². The molecule has 3 rings (SSSR count). The van der Waals surface area contributed by atoms with Crippen molar-refractivity contribution in [3.05, 3.63) is 56.5 Å². The van der Waals surface area contributed by atoms with Gasteiger partial charge in [0.1, 0.15) is 0 Å². The molecule has 1 heterocycles. The highest BCUT2D eigenvalue weighted by Crippen LogP contribution is 2.17. The zero-order chi connectivity index (χ0) is 12.5. The fraction of sp³-hybridized carbons (Fsp3) is 0.357. The van der Waals surface area contributed by atoms with Crippen LogP contribution >= 0.6 is 11.6 Å². The van der Waals surface area contributed by atoms with E-state index in [2.05, 4.69) is 5.10 Å². The van der Waals surface area contributed by atoms with Gasteiger partial charge in [0.2, 0.25) is 0 Å². The van der Waals surface area contributed by atoms with Crippen LogP contribution in [0.25, 0.3) is 0 Å². The summed E-state index contributed by atoms with van der Waals surface area (Å²) in [5.74, 6) is 0. The van der Waals surface area contributed by atoms with Crippen LogP contribution in [0, 0.1) is 0 Å². The molecule has 0 radical (unpaired) electrons. The van der Waals surface area contributed by atoms with Gasteiger partial charge in [-0.15, -0.1) is 0 Å². The van der Waals surface area contributed by atoms with Crippen molar-refractivity contribution in [3.63, 3.8) is 0 Å². The van der Waals surface area contributed by atoms with Crippen LogP contribution < -0.4 is 5.56 Å². The van der Waals surface area contributed by atoms with Crippen molar-refractivity contribution in [1.29, 1.82) is 0 Å². The highest BCUT2D eigenvalue weighted by atomic mass is 35.5. The van der Waals surface area contributed by atoms with Gasteiger partial charge in [0, 0.05) is 16.3 Å². The SMILES string of the molecule is O=c1c2c([nH]n1Cc1cccc(Cl)c1)CCCC2. The second kappa shape index (κ2) is 4.65. The van der Waals surface area contributed by atoms with Gasteiger partial charge in [-0.2, -0.15) is 0 Å². The Bertz CT molecular complexity index is 627. The normalized spacial score (nSPS) is 14.5. The van der Waals surface area contributed by atoms with Gasteiger partial charge in [0.25, 0.3) is 5.56 Å². The number of aromatic nitrogens is 2. The molecule has 1 aromatic carbocycles. The Hall–Kier alpha value is -1.48. The van der Waals surface area contributed by atoms with Gasteiger partial charge >= 0.3 is 0 Å². The molecule has 3 nitrogen and oxygen atoms in total. The molecule has 0 amide bonds. The van der Waals surface area contributed by atoms with Crippen molar-refractivity contribution in [3.8, 4) is 0 Å². The predicted molar refractivity (Wildman–Crippen MR) is 72.2 cm³/mol. The van der Waals surface area contributed by atoms with Crippen molar-refractivity contribution < 1.29 is 0 Å². The topological polar surface area (TPSA) is 37.8 Å². The summed E-state index contributed by atoms with van der Waals surface area (Å²) in [5.41, 5.74) is 3.27. The molecule has 0 saturated carbocycles. The van der Waals surface area contributed by atoms with E-state index in [0.717, 1.165) is 36.1 Å². The minimum atomic E-state index is 0.129. The molecule has 94 valence electrons. The minimum absolute atomic E-state index is 0.129. The Morgan fingerprint density at radius 3 is 2.89 bits per heavy atom. The van der Waals surface area contributed by atoms with Crippen molar-refractivity contribution >= 4 is 11.6 Å². The van der Waals surface area contributed by atoms with E-state index in [1.165, 1.54) is 6.42 Å². The van der Waals surface area contributed by atoms with Gasteiger partial charge in [0.15, 0.2) is 0 Å². The Morgan fingerprint density at radius 1 is 1.28 bits per heavy atom. The summed E-state index contributed by atoms with van der Waals surface area (Å²) < 4.78 is 1.70. The second-order valence-corrected chi connectivity index (χ2v) is 5.23. The molecule has 1 N–H and O–H groups in total. The second-order valence-electron chi connectivity index (χ2n) is 4.80. The number of benzene rings is 1. The first-order valence-corrected chi connectivity index (χ1v) is 6.67. The largest absolute Gasteiger partial charge is 0.299 e. The summed E-state index contributed by atoms with van der Waals surface area (Å²) in [5, 5.41) is 3.94. The summed E-state index contributed by atoms with van der Waals surface area (Å²) in [6, 6.07) is 7.63. The predicted octanol–water partition coefficient (Wildman–Crippen LogP) is 2.76. The van der Waals surface area contributed by atoms with Gasteiger partial charge in [-0.25, -0.2) is 4.68 Å². The number of nitrogens with zero attached hydrogens (tertiary/aromatic N) is 1. The lowest BCUT2D eigenvalue weighted by molar-refractivity contribution is 0.639. The summed E-state index contributed by atoms with van der Waals surface area (Å²) in [7, 11) is 0. The monoisotopic (exact) mass is 262 g/mol. The smallest absolute Gasteiger partial charge is 0.270 e. The third kappa shape index (κ3) is 2.10. The van der Waals surface area contributed by atoms with Crippen LogP contribution in [0.1, 0.15) is 29.7 Å². The van der Waals surface area contributed by atoms with Gasteiger partial charge in [-0.1, -0.05) is 23.7 Å². The van der Waals surface area contributed by atoms with Crippen molar-refractivity contribution in [2.24, 2.45) is 0 Å². The Kier molecular flexibility index (Phi) is 3.00. The first kappa shape index (κ1) is 11.6. The number of fused-ring (bicyclic) bond motifs is 1. The summed E-state index contributed by atoms with van der Waals surface area (Å²) >= 11 is 5.95. The number of nitrogens with one attached hydrogen (secondary N) is 1. The van der Waals surface area contributed by atoms with Crippen LogP contribution in [0.5, 0.6) is 0 Å². The van der Waals surface area contributed by atoms with Crippen LogP contribution in [0.4, 0.5) is 0 Å². The molecule has 0 spiro atoms. The fourth-order valence-electron chi connectivity index (χ4n) is 2.57. The number of H-pyrrole nitrogens is 1. The molecule has 0 aliphatic heterocycles. The lowest BCUT2D eigenvalue weighted by Crippen LogP contribution is -2.20. The molecule has 1 aliphatic rings. The number of hydrogen-bond donors (Lipinski definition) is 1. The minimum Gasteiger partial charge on any atom is -0.299 e. The average molecular weight is 263 g/mol. The number of aryl methyl sites for hydroxylation is 1. The van der Waals surface area contributed by atoms with E-state index in [-0.39, 0.29) is 5.56 Å². The standard InChI is InChI=1S/C14H15ClN2O/c15-11-5-3-4-10(8-11)9-17-14(18)12-6-1-2-7-13(12)16-17/h3-5,8,16H,1-2,6-7,9H2. The molecule has 1 aromatic heterocycles. The van der Waals surface area contributed by atoms with E-state index in [9.17, 15) is 4.79 Å². The van der Waals surface area contributed by atoms with Gasteiger partial charge in [-0.3, -0.25) is 9.89 Å². The van der Waals surface area contributed by atoms with Crippen LogP contribution in [0.15, 0.2) is 29.1 Å². The van der Waals surface area contributed by atoms with Crippen LogP contribution in [0.3, 0.4) is 0 Å². The average Bonchev–Trinajstić information content (AvgIpc) is 2.67. The van der Waals surface area contributed by atoms with Crippen LogP contribution in [-0.2, 0) is 19.4 Å². The molecule has 4 heteroatoms. The van der Waals surface area contributed by atoms with Crippen molar-refractivity contribution in [2.45, 2.75) is 32.2 Å². The lowest BCUT2D eigenvalue weighted by atomic mass is 9.98. The summed E-state index contributed by atoms with van der Waals surface area (Å²) in [4.78, 5) is 12.2. The number of rotatable bonds is 2. The van der Waals surface area contributed by atoms with Crippen molar-refractivity contribution in [2.75, 3.05) is 0 Å². The maximum atomic E-state index is 12.2. The first-order chi connectivity index (χ1) is 8.74. The van der Waals surface area contributed by atoms with Crippen LogP contribution in [0.2, 0.25) is 5.02 Å². The number of hydrogen-bond acceptors (Lipinski definition) is 1. The Balaban J connectivity index is 1.94. The molecule has 0 saturated heterocycles. The highest BCUT2D eigenvalue weighted by Gasteiger charge is 2.17. The molecule has 1 aliphatic carbocycles. The van der Waals surface area contributed by atoms with E-state index in [0.29, 0.717) is 11.6 Å². The number of halogens is 1. The van der Waals surface area contributed by atoms with Crippen LogP contribution in [-0.4, -0.2) is 9.78 Å². The fourth-order valence-corrected chi connectivity index (χ4v) is 2.78. The summed E-state index contributed by atoms with van der Waals surface area (Å²) in [6.45, 7) is 0.562. The molecular weight excluding hydrogens is 248 g/mol. The Morgan fingerprint density at radius 2 is 2.11 bits per heavy atom. The maximum absolute atomic E-state index is 12.2. The quantitative estimate of drug-likeness (QED) is 0.888. The molecule has 0 bridgehead atoms. The van der Waals surface area contributed by atoms with Crippen molar-refractivity contribution in [1.82, 2.24) is 9.78 Å². The first-order valence-electron chi connectivity index (χ1n) is 6.29. The van der Waals surface area contributed by atoms with E-state index >= 15 is 0 Å². The third-order valence-electron chi connectivity index (χ3n) is 3.47. The number of aromatic amines is 1. The Labute approximate surface area is 110 Å². The molecule has 0 atom stereocenters. The van der Waals surface area contributed by atoms with Gasteiger partial charge in [-0.05, 0) is 43.4 Å². The third-order valence-corrected chi connectivity index (χ3v) is 3.71. The maximum Gasteiger partial charge on any atom is 0.270 e. The van der Waals surface area contributed by atoms with E-state index < -0.39 is 0 Å². The molecule has 2 aromatic rings. The van der Waals surface area contributed by atoms with E-state index in [4.69, 9.17) is 11.6 Å². The molecular formula is C14H15ClN2O. The molecule has 0 fully saturated rings. The van der Waals surface area contributed by atoms with Gasteiger partial charge in [0.05, 0.1) is 6.54 Å². The molecule has 0 unspecified atom stereocenters. The zero-order valence-corrected chi connectivity index (χ0v) is 10.8.